The fourth-order valence-corrected chi connectivity index (χ4v) is 0.987. The van der Waals surface area contributed by atoms with E-state index in [1.807, 2.05) is 0 Å². The second-order valence-corrected chi connectivity index (χ2v) is 3.15. The molecule has 2 amide bonds. The monoisotopic (exact) mass is 264 g/mol. The number of carboxylic acids is 1. The molecule has 8 heteroatoms. The van der Waals surface area contributed by atoms with Crippen molar-refractivity contribution < 1.29 is 28.2 Å². The van der Waals surface area contributed by atoms with E-state index in [9.17, 15) is 18.4 Å². The van der Waals surface area contributed by atoms with E-state index >= 15 is 0 Å². The molecule has 2 N–H and O–H groups in total. The van der Waals surface area contributed by atoms with Gasteiger partial charge in [0.15, 0.2) is 0 Å². The number of carbonyl (C=O) groups is 2. The number of rotatable bonds is 8. The molecule has 0 unspecified atom stereocenters. The van der Waals surface area contributed by atoms with Crippen molar-refractivity contribution in [2.24, 2.45) is 0 Å². The molecule has 0 fully saturated rings. The summed E-state index contributed by atoms with van der Waals surface area (Å²) in [5.41, 5.74) is 0. The summed E-state index contributed by atoms with van der Waals surface area (Å²) < 4.78 is 27.9. The van der Waals surface area contributed by atoms with Crippen LogP contribution in [0.3, 0.4) is 0 Å². The summed E-state index contributed by atoms with van der Waals surface area (Å²) in [6, 6.07) is -0.684. The van der Waals surface area contributed by atoms with Crippen LogP contribution in [0.25, 0.3) is 0 Å². The Hall–Kier alpha value is -1.88. The number of ether oxygens (including phenoxy) is 1. The first-order valence-electron chi connectivity index (χ1n) is 5.01. The third kappa shape index (κ3) is 8.29. The summed E-state index contributed by atoms with van der Waals surface area (Å²) in [5, 5.41) is 10.8. The molecular weight excluding hydrogens is 250 g/mol. The van der Waals surface area contributed by atoms with Crippen molar-refractivity contribution in [3.8, 4) is 12.3 Å². The highest BCUT2D eigenvalue weighted by Gasteiger charge is 2.14. The predicted molar refractivity (Wildman–Crippen MR) is 58.3 cm³/mol. The van der Waals surface area contributed by atoms with Gasteiger partial charge < -0.3 is 20.1 Å². The van der Waals surface area contributed by atoms with Gasteiger partial charge in [-0.25, -0.2) is 13.6 Å². The molecule has 102 valence electrons. The molecule has 0 rings (SSSR count). The Morgan fingerprint density at radius 1 is 1.50 bits per heavy atom. The minimum Gasteiger partial charge on any atom is -0.480 e. The van der Waals surface area contributed by atoms with Crippen molar-refractivity contribution in [2.45, 2.75) is 6.43 Å². The first kappa shape index (κ1) is 16.1. The molecule has 0 heterocycles. The lowest BCUT2D eigenvalue weighted by atomic mass is 10.5. The molecule has 0 saturated carbocycles. The lowest BCUT2D eigenvalue weighted by Gasteiger charge is -2.18. The SMILES string of the molecule is C#CCN(CC(=O)O)C(=O)NCCOCC(F)F. The van der Waals surface area contributed by atoms with Gasteiger partial charge in [-0.15, -0.1) is 6.42 Å². The number of hydrogen-bond acceptors (Lipinski definition) is 3. The highest BCUT2D eigenvalue weighted by molar-refractivity contribution is 5.80. The Kier molecular flexibility index (Phi) is 8.22. The zero-order valence-corrected chi connectivity index (χ0v) is 9.57. The number of aliphatic carboxylic acids is 1. The molecule has 0 aliphatic carbocycles. The fraction of sp³-hybridized carbons (Fsp3) is 0.600. The quantitative estimate of drug-likeness (QED) is 0.477. The molecule has 6 nitrogen and oxygen atoms in total. The van der Waals surface area contributed by atoms with E-state index in [0.717, 1.165) is 4.90 Å². The first-order valence-corrected chi connectivity index (χ1v) is 5.01. The maximum absolute atomic E-state index is 11.7. The normalized spacial score (nSPS) is 9.89. The first-order chi connectivity index (χ1) is 8.47. The summed E-state index contributed by atoms with van der Waals surface area (Å²) in [5.74, 6) is 0.942. The van der Waals surface area contributed by atoms with Gasteiger partial charge in [-0.3, -0.25) is 4.79 Å². The van der Waals surface area contributed by atoms with Crippen LogP contribution in [0.1, 0.15) is 0 Å². The van der Waals surface area contributed by atoms with E-state index in [1.54, 1.807) is 0 Å². The van der Waals surface area contributed by atoms with E-state index < -0.39 is 31.6 Å². The molecule has 0 bridgehead atoms. The minimum atomic E-state index is -2.56. The Morgan fingerprint density at radius 3 is 2.67 bits per heavy atom. The number of carboxylic acid groups (broad SMARTS) is 1. The van der Waals surface area contributed by atoms with E-state index in [4.69, 9.17) is 11.5 Å². The Balaban J connectivity index is 3.89. The summed E-state index contributed by atoms with van der Waals surface area (Å²) in [7, 11) is 0. The largest absolute Gasteiger partial charge is 0.480 e. The maximum atomic E-state index is 11.7. The number of nitrogens with zero attached hydrogens (tertiary/aromatic N) is 1. The Bertz CT molecular complexity index is 317. The van der Waals surface area contributed by atoms with E-state index in [2.05, 4.69) is 16.0 Å². The molecule has 0 aliphatic heterocycles. The lowest BCUT2D eigenvalue weighted by Crippen LogP contribution is -2.44. The number of alkyl halides is 2. The van der Waals surface area contributed by atoms with Gasteiger partial charge in [0.2, 0.25) is 0 Å². The van der Waals surface area contributed by atoms with Crippen molar-refractivity contribution >= 4 is 12.0 Å². The molecule has 0 aromatic rings. The van der Waals surface area contributed by atoms with Gasteiger partial charge in [-0.05, 0) is 0 Å². The third-order valence-corrected chi connectivity index (χ3v) is 1.66. The van der Waals surface area contributed by atoms with Crippen molar-refractivity contribution in [1.29, 1.82) is 0 Å². The van der Waals surface area contributed by atoms with Crippen molar-refractivity contribution in [2.75, 3.05) is 32.8 Å². The van der Waals surface area contributed by atoms with Gasteiger partial charge in [-0.2, -0.15) is 0 Å². The van der Waals surface area contributed by atoms with Crippen LogP contribution in [-0.4, -0.2) is 61.3 Å². The average Bonchev–Trinajstić information content (AvgIpc) is 2.26. The maximum Gasteiger partial charge on any atom is 0.323 e. The fourth-order valence-electron chi connectivity index (χ4n) is 0.987. The number of hydrogen-bond donors (Lipinski definition) is 2. The Morgan fingerprint density at radius 2 is 2.17 bits per heavy atom. The zero-order valence-electron chi connectivity index (χ0n) is 9.57. The number of halogens is 2. The number of amides is 2. The van der Waals surface area contributed by atoms with E-state index in [1.165, 1.54) is 0 Å². The third-order valence-electron chi connectivity index (χ3n) is 1.66. The number of carbonyl (C=O) groups excluding carboxylic acids is 1. The van der Waals surface area contributed by atoms with Gasteiger partial charge in [-0.1, -0.05) is 5.92 Å². The van der Waals surface area contributed by atoms with Crippen LogP contribution in [0.2, 0.25) is 0 Å². The number of urea groups is 1. The van der Waals surface area contributed by atoms with Crippen molar-refractivity contribution in [3.05, 3.63) is 0 Å². The van der Waals surface area contributed by atoms with Crippen LogP contribution in [0.15, 0.2) is 0 Å². The minimum absolute atomic E-state index is 0.00769. The smallest absolute Gasteiger partial charge is 0.323 e. The molecule has 0 aromatic carbocycles. The highest BCUT2D eigenvalue weighted by atomic mass is 19.3. The van der Waals surface area contributed by atoms with Crippen LogP contribution >= 0.6 is 0 Å². The molecular formula is C10H14F2N2O4. The summed E-state index contributed by atoms with van der Waals surface area (Å²) >= 11 is 0. The number of terminal acetylenes is 1. The van der Waals surface area contributed by atoms with Gasteiger partial charge in [0.1, 0.15) is 13.2 Å². The topological polar surface area (TPSA) is 78.9 Å². The van der Waals surface area contributed by atoms with Crippen LogP contribution < -0.4 is 5.32 Å². The predicted octanol–water partition coefficient (Wildman–Crippen LogP) is -0.00250. The summed E-state index contributed by atoms with van der Waals surface area (Å²) in [6.45, 7) is -1.50. The van der Waals surface area contributed by atoms with Crippen LogP contribution in [-0.2, 0) is 9.53 Å². The van der Waals surface area contributed by atoms with Gasteiger partial charge in [0.25, 0.3) is 6.43 Å². The van der Waals surface area contributed by atoms with Crippen molar-refractivity contribution in [1.82, 2.24) is 10.2 Å². The standard InChI is InChI=1S/C10H14F2N2O4/c1-2-4-14(6-9(15)16)10(17)13-3-5-18-7-8(11)12/h1,8H,3-7H2,(H,13,17)(H,15,16). The molecule has 0 aliphatic rings. The summed E-state index contributed by atoms with van der Waals surface area (Å²) in [4.78, 5) is 22.8. The molecule has 0 radical (unpaired) electrons. The second kappa shape index (κ2) is 9.18. The zero-order chi connectivity index (χ0) is 14.0. The summed E-state index contributed by atoms with van der Waals surface area (Å²) in [6.07, 6.45) is 2.42. The van der Waals surface area contributed by atoms with Crippen LogP contribution in [0.5, 0.6) is 0 Å². The lowest BCUT2D eigenvalue weighted by molar-refractivity contribution is -0.137. The molecule has 18 heavy (non-hydrogen) atoms. The molecule has 0 spiro atoms. The van der Waals surface area contributed by atoms with E-state index in [-0.39, 0.29) is 19.7 Å². The van der Waals surface area contributed by atoms with Crippen LogP contribution in [0.4, 0.5) is 13.6 Å². The van der Waals surface area contributed by atoms with Crippen LogP contribution in [0, 0.1) is 12.3 Å². The van der Waals surface area contributed by atoms with Crippen molar-refractivity contribution in [3.63, 3.8) is 0 Å². The number of nitrogens with one attached hydrogen (secondary N) is 1. The average molecular weight is 264 g/mol. The van der Waals surface area contributed by atoms with E-state index in [0.29, 0.717) is 0 Å². The molecule has 0 aromatic heterocycles. The second-order valence-electron chi connectivity index (χ2n) is 3.15. The molecule has 0 atom stereocenters. The van der Waals surface area contributed by atoms with Gasteiger partial charge in [0, 0.05) is 6.54 Å². The van der Waals surface area contributed by atoms with Gasteiger partial charge >= 0.3 is 12.0 Å². The Labute approximate surface area is 103 Å². The van der Waals surface area contributed by atoms with Gasteiger partial charge in [0.05, 0.1) is 13.2 Å². The molecule has 0 saturated heterocycles. The highest BCUT2D eigenvalue weighted by Crippen LogP contribution is 1.92.